The minimum Gasteiger partial charge on any atom is -0.331 e. The highest BCUT2D eigenvalue weighted by Gasteiger charge is 2.27. The zero-order valence-corrected chi connectivity index (χ0v) is 12.6. The Bertz CT molecular complexity index is 682. The number of nitrogens with zero attached hydrogens (tertiary/aromatic N) is 4. The average Bonchev–Trinajstić information content (AvgIpc) is 2.90. The molecule has 2 aromatic rings. The lowest BCUT2D eigenvalue weighted by molar-refractivity contribution is 0.0643. The molecule has 22 heavy (non-hydrogen) atoms. The Kier molecular flexibility index (Phi) is 3.89. The van der Waals surface area contributed by atoms with Gasteiger partial charge in [0.1, 0.15) is 11.6 Å². The van der Waals surface area contributed by atoms with Gasteiger partial charge in [-0.1, -0.05) is 0 Å². The topological polar surface area (TPSA) is 63.1 Å². The molecular formula is C15H18FN5O. The Morgan fingerprint density at radius 1 is 1.36 bits per heavy atom. The summed E-state index contributed by atoms with van der Waals surface area (Å²) < 4.78 is 14.6. The lowest BCUT2D eigenvalue weighted by atomic mass is 10.2. The second-order valence-electron chi connectivity index (χ2n) is 5.42. The maximum atomic E-state index is 13.0. The summed E-state index contributed by atoms with van der Waals surface area (Å²) in [7, 11) is 0. The van der Waals surface area contributed by atoms with E-state index in [0.717, 1.165) is 13.1 Å². The summed E-state index contributed by atoms with van der Waals surface area (Å²) in [6, 6.07) is 6.05. The molecule has 0 saturated carbocycles. The number of nitrogens with one attached hydrogen (secondary N) is 1. The molecule has 116 valence electrons. The van der Waals surface area contributed by atoms with Gasteiger partial charge in [-0.15, -0.1) is 5.10 Å². The Labute approximate surface area is 128 Å². The van der Waals surface area contributed by atoms with Gasteiger partial charge in [0.05, 0.1) is 5.69 Å². The van der Waals surface area contributed by atoms with E-state index in [4.69, 9.17) is 0 Å². The predicted octanol–water partition coefficient (Wildman–Crippen LogP) is 1.15. The third-order valence-corrected chi connectivity index (χ3v) is 3.79. The number of piperazine rings is 1. The van der Waals surface area contributed by atoms with E-state index in [-0.39, 0.29) is 23.6 Å². The molecule has 1 aromatic carbocycles. The van der Waals surface area contributed by atoms with Crippen LogP contribution in [0.5, 0.6) is 0 Å². The van der Waals surface area contributed by atoms with E-state index in [1.54, 1.807) is 28.6 Å². The first-order valence-corrected chi connectivity index (χ1v) is 7.27. The van der Waals surface area contributed by atoms with E-state index in [0.29, 0.717) is 18.1 Å². The van der Waals surface area contributed by atoms with Gasteiger partial charge in [0, 0.05) is 25.7 Å². The molecule has 2 heterocycles. The maximum Gasteiger partial charge on any atom is 0.293 e. The standard InChI is InChI=1S/C15H18FN5O/c1-10-9-17-7-8-20(10)15(22)14-18-11(2)21(19-14)13-5-3-12(16)4-6-13/h3-6,10,17H,7-9H2,1-2H3/t10-/m1/s1. The predicted molar refractivity (Wildman–Crippen MR) is 79.4 cm³/mol. The molecule has 1 aliphatic heterocycles. The van der Waals surface area contributed by atoms with Crippen LogP contribution in [0.4, 0.5) is 4.39 Å². The monoisotopic (exact) mass is 303 g/mol. The first-order chi connectivity index (χ1) is 10.6. The molecule has 7 heteroatoms. The molecule has 0 aliphatic carbocycles. The van der Waals surface area contributed by atoms with Gasteiger partial charge in [0.25, 0.3) is 5.91 Å². The van der Waals surface area contributed by atoms with Crippen molar-refractivity contribution >= 4 is 5.91 Å². The minimum absolute atomic E-state index is 0.110. The molecule has 6 nitrogen and oxygen atoms in total. The van der Waals surface area contributed by atoms with E-state index in [1.165, 1.54) is 12.1 Å². The molecule has 1 atom stereocenters. The first-order valence-electron chi connectivity index (χ1n) is 7.27. The van der Waals surface area contributed by atoms with Crippen LogP contribution in [-0.4, -0.2) is 51.2 Å². The van der Waals surface area contributed by atoms with Gasteiger partial charge < -0.3 is 10.2 Å². The molecule has 1 amide bonds. The molecule has 0 spiro atoms. The highest BCUT2D eigenvalue weighted by Crippen LogP contribution is 2.13. The van der Waals surface area contributed by atoms with Gasteiger partial charge in [0.15, 0.2) is 0 Å². The fourth-order valence-electron chi connectivity index (χ4n) is 2.58. The van der Waals surface area contributed by atoms with Crippen LogP contribution in [0.2, 0.25) is 0 Å². The number of hydrogen-bond donors (Lipinski definition) is 1. The van der Waals surface area contributed by atoms with Crippen LogP contribution in [-0.2, 0) is 0 Å². The number of benzene rings is 1. The van der Waals surface area contributed by atoms with Crippen molar-refractivity contribution in [3.05, 3.63) is 41.7 Å². The van der Waals surface area contributed by atoms with Crippen molar-refractivity contribution in [2.45, 2.75) is 19.9 Å². The molecule has 0 radical (unpaired) electrons. The van der Waals surface area contributed by atoms with Crippen molar-refractivity contribution in [2.24, 2.45) is 0 Å². The van der Waals surface area contributed by atoms with Gasteiger partial charge in [-0.3, -0.25) is 4.79 Å². The van der Waals surface area contributed by atoms with Crippen LogP contribution >= 0.6 is 0 Å². The quantitative estimate of drug-likeness (QED) is 0.904. The molecule has 0 bridgehead atoms. The zero-order chi connectivity index (χ0) is 15.7. The van der Waals surface area contributed by atoms with Crippen LogP contribution in [0.15, 0.2) is 24.3 Å². The number of hydrogen-bond acceptors (Lipinski definition) is 4. The summed E-state index contributed by atoms with van der Waals surface area (Å²) in [5.74, 6) is 0.291. The molecule has 1 fully saturated rings. The van der Waals surface area contributed by atoms with Crippen LogP contribution in [0.25, 0.3) is 5.69 Å². The summed E-state index contributed by atoms with van der Waals surface area (Å²) in [6.07, 6.45) is 0. The number of amides is 1. The highest BCUT2D eigenvalue weighted by molar-refractivity contribution is 5.90. The molecule has 1 saturated heterocycles. The highest BCUT2D eigenvalue weighted by atomic mass is 19.1. The van der Waals surface area contributed by atoms with Gasteiger partial charge >= 0.3 is 0 Å². The van der Waals surface area contributed by atoms with Crippen LogP contribution in [0.3, 0.4) is 0 Å². The van der Waals surface area contributed by atoms with E-state index in [9.17, 15) is 9.18 Å². The summed E-state index contributed by atoms with van der Waals surface area (Å²) in [6.45, 7) is 5.95. The van der Waals surface area contributed by atoms with Gasteiger partial charge in [-0.2, -0.15) is 0 Å². The normalized spacial score (nSPS) is 18.5. The smallest absolute Gasteiger partial charge is 0.293 e. The number of rotatable bonds is 2. The third kappa shape index (κ3) is 2.71. The number of carbonyl (C=O) groups excluding carboxylic acids is 1. The summed E-state index contributed by atoms with van der Waals surface area (Å²) in [5, 5.41) is 7.53. The van der Waals surface area contributed by atoms with Crippen LogP contribution < -0.4 is 5.32 Å². The second kappa shape index (κ2) is 5.84. The van der Waals surface area contributed by atoms with Crippen molar-refractivity contribution in [1.82, 2.24) is 25.0 Å². The fourth-order valence-corrected chi connectivity index (χ4v) is 2.58. The van der Waals surface area contributed by atoms with E-state index in [2.05, 4.69) is 15.4 Å². The lowest BCUT2D eigenvalue weighted by Gasteiger charge is -2.33. The lowest BCUT2D eigenvalue weighted by Crippen LogP contribution is -2.52. The molecular weight excluding hydrogens is 285 g/mol. The Balaban J connectivity index is 1.88. The average molecular weight is 303 g/mol. The third-order valence-electron chi connectivity index (χ3n) is 3.79. The summed E-state index contributed by atoms with van der Waals surface area (Å²) in [5.41, 5.74) is 0.679. The van der Waals surface area contributed by atoms with Crippen molar-refractivity contribution in [1.29, 1.82) is 0 Å². The molecule has 3 rings (SSSR count). The van der Waals surface area contributed by atoms with Crippen molar-refractivity contribution in [3.8, 4) is 5.69 Å². The Morgan fingerprint density at radius 2 is 2.09 bits per heavy atom. The second-order valence-corrected chi connectivity index (χ2v) is 5.42. The molecule has 1 N–H and O–H groups in total. The molecule has 1 aromatic heterocycles. The number of halogens is 1. The summed E-state index contributed by atoms with van der Waals surface area (Å²) in [4.78, 5) is 18.6. The molecule has 1 aliphatic rings. The summed E-state index contributed by atoms with van der Waals surface area (Å²) >= 11 is 0. The largest absolute Gasteiger partial charge is 0.331 e. The minimum atomic E-state index is -0.313. The number of aromatic nitrogens is 3. The van der Waals surface area contributed by atoms with Crippen LogP contribution in [0, 0.1) is 12.7 Å². The number of aryl methyl sites for hydroxylation is 1. The Morgan fingerprint density at radius 3 is 2.77 bits per heavy atom. The zero-order valence-electron chi connectivity index (χ0n) is 12.6. The first kappa shape index (κ1) is 14.6. The van der Waals surface area contributed by atoms with Gasteiger partial charge in [0.2, 0.25) is 5.82 Å². The van der Waals surface area contributed by atoms with Crippen molar-refractivity contribution in [3.63, 3.8) is 0 Å². The maximum absolute atomic E-state index is 13.0. The SMILES string of the molecule is Cc1nc(C(=O)N2CCNC[C@H]2C)nn1-c1ccc(F)cc1. The fraction of sp³-hybridized carbons (Fsp3) is 0.400. The van der Waals surface area contributed by atoms with Gasteiger partial charge in [-0.05, 0) is 38.1 Å². The molecule has 0 unspecified atom stereocenters. The van der Waals surface area contributed by atoms with E-state index >= 15 is 0 Å². The van der Waals surface area contributed by atoms with Gasteiger partial charge in [-0.25, -0.2) is 14.1 Å². The van der Waals surface area contributed by atoms with Crippen molar-refractivity contribution < 1.29 is 9.18 Å². The van der Waals surface area contributed by atoms with Crippen LogP contribution in [0.1, 0.15) is 23.4 Å². The number of carbonyl (C=O) groups is 1. The van der Waals surface area contributed by atoms with E-state index < -0.39 is 0 Å². The van der Waals surface area contributed by atoms with E-state index in [1.807, 2.05) is 6.92 Å². The Hall–Kier alpha value is -2.28. The van der Waals surface area contributed by atoms with Crippen molar-refractivity contribution in [2.75, 3.05) is 19.6 Å².